The van der Waals surface area contributed by atoms with Crippen molar-refractivity contribution in [3.05, 3.63) is 59.7 Å². The van der Waals surface area contributed by atoms with Gasteiger partial charge in [-0.2, -0.15) is 5.48 Å². The van der Waals surface area contributed by atoms with E-state index in [9.17, 15) is 19.2 Å². The molecule has 3 amide bonds. The molecule has 0 aromatic heterocycles. The van der Waals surface area contributed by atoms with E-state index in [1.165, 1.54) is 11.1 Å². The van der Waals surface area contributed by atoms with Crippen LogP contribution in [-0.4, -0.2) is 201 Å². The molecular weight excluding hydrogens is 885 g/mol. The molecule has 21 nitrogen and oxygen atoms in total. The van der Waals surface area contributed by atoms with Crippen LogP contribution in [0.25, 0.3) is 11.1 Å². The van der Waals surface area contributed by atoms with Gasteiger partial charge in [0.2, 0.25) is 0 Å². The zero-order chi connectivity index (χ0) is 47.3. The Hall–Kier alpha value is -4.20. The first-order valence-corrected chi connectivity index (χ1v) is 22.8. The average molecular weight is 953 g/mol. The Morgan fingerprint density at radius 3 is 1.12 bits per heavy atom. The van der Waals surface area contributed by atoms with E-state index in [-0.39, 0.29) is 58.2 Å². The van der Waals surface area contributed by atoms with Crippen molar-refractivity contribution >= 4 is 23.9 Å². The fourth-order valence-corrected chi connectivity index (χ4v) is 6.32. The lowest BCUT2D eigenvalue weighted by Gasteiger charge is -2.14. The third-order valence-electron chi connectivity index (χ3n) is 9.57. The molecule has 4 rings (SSSR count). The summed E-state index contributed by atoms with van der Waals surface area (Å²) in [6.07, 6.45) is -0.621. The summed E-state index contributed by atoms with van der Waals surface area (Å²) in [6.45, 7) is 10.2. The van der Waals surface area contributed by atoms with Crippen LogP contribution in [0.1, 0.15) is 36.3 Å². The number of ether oxygens (including phenoxy) is 13. The maximum atomic E-state index is 12.2. The molecule has 1 fully saturated rings. The van der Waals surface area contributed by atoms with Gasteiger partial charge in [0.1, 0.15) is 6.61 Å². The summed E-state index contributed by atoms with van der Waals surface area (Å²) in [5.74, 6) is -1.75. The van der Waals surface area contributed by atoms with E-state index >= 15 is 0 Å². The molecule has 0 atom stereocenters. The number of imide groups is 1. The van der Waals surface area contributed by atoms with Crippen molar-refractivity contribution in [2.45, 2.75) is 25.2 Å². The van der Waals surface area contributed by atoms with Crippen molar-refractivity contribution in [1.29, 1.82) is 0 Å². The van der Waals surface area contributed by atoms with Gasteiger partial charge in [0.05, 0.1) is 172 Å². The molecule has 376 valence electrons. The number of hydrogen-bond acceptors (Lipinski definition) is 19. The van der Waals surface area contributed by atoms with Crippen LogP contribution >= 0.6 is 0 Å². The number of nitrogens with one attached hydrogen (secondary N) is 1. The van der Waals surface area contributed by atoms with E-state index in [1.807, 2.05) is 24.3 Å². The Morgan fingerprint density at radius 2 is 0.761 bits per heavy atom. The van der Waals surface area contributed by atoms with E-state index in [0.717, 1.165) is 11.1 Å². The standard InChI is InChI=1S/C46H68N2O19/c49-43-9-10-44(50)48(43)67-45(51)11-12-53-13-14-54-15-16-55-17-18-56-19-20-57-21-22-58-23-24-59-25-26-60-27-28-61-29-30-62-31-32-63-33-34-64-35-36-66-47-46(52)65-37-42-40-7-3-1-5-38(40)39-6-2-4-8-41(39)42/h1-8,42H,9-37H2,(H,47,52). The van der Waals surface area contributed by atoms with E-state index in [4.69, 9.17) is 71.3 Å². The SMILES string of the molecule is O=C(CCOCCOCCOCCOCCOCCOCCOCCOCCOCCOCCOCCOCCONC(=O)OCC1c2ccccc2-c2ccccc21)ON1C(=O)CCC1=O. The first-order chi connectivity index (χ1) is 33.0. The lowest BCUT2D eigenvalue weighted by molar-refractivity contribution is -0.198. The van der Waals surface area contributed by atoms with Gasteiger partial charge in [-0.1, -0.05) is 48.5 Å². The number of nitrogens with zero attached hydrogens (tertiary/aromatic N) is 1. The summed E-state index contributed by atoms with van der Waals surface area (Å²) in [6, 6.07) is 16.3. The van der Waals surface area contributed by atoms with Gasteiger partial charge >= 0.3 is 12.1 Å². The molecule has 0 spiro atoms. The molecule has 0 unspecified atom stereocenters. The van der Waals surface area contributed by atoms with Gasteiger partial charge in [0, 0.05) is 18.8 Å². The predicted molar refractivity (Wildman–Crippen MR) is 236 cm³/mol. The zero-order valence-corrected chi connectivity index (χ0v) is 38.4. The minimum atomic E-state index is -0.705. The molecule has 0 bridgehead atoms. The Balaban J connectivity index is 0.750. The Bertz CT molecular complexity index is 1590. The van der Waals surface area contributed by atoms with Gasteiger partial charge in [-0.3, -0.25) is 14.4 Å². The molecule has 2 aliphatic rings. The second kappa shape index (κ2) is 36.8. The van der Waals surface area contributed by atoms with Crippen LogP contribution in [0.4, 0.5) is 4.79 Å². The van der Waals surface area contributed by atoms with Gasteiger partial charge in [-0.05, 0) is 22.3 Å². The third-order valence-corrected chi connectivity index (χ3v) is 9.57. The lowest BCUT2D eigenvalue weighted by atomic mass is 9.98. The highest BCUT2D eigenvalue weighted by atomic mass is 16.7. The lowest BCUT2D eigenvalue weighted by Crippen LogP contribution is -2.32. The van der Waals surface area contributed by atoms with Gasteiger partial charge < -0.3 is 66.4 Å². The summed E-state index contributed by atoms with van der Waals surface area (Å²) >= 11 is 0. The van der Waals surface area contributed by atoms with Crippen LogP contribution in [0.2, 0.25) is 0 Å². The van der Waals surface area contributed by atoms with Crippen LogP contribution in [0, 0.1) is 0 Å². The Labute approximate surface area is 391 Å². The normalized spacial score (nSPS) is 13.3. The summed E-state index contributed by atoms with van der Waals surface area (Å²) in [4.78, 5) is 56.6. The van der Waals surface area contributed by atoms with Crippen molar-refractivity contribution < 1.29 is 90.4 Å². The summed E-state index contributed by atoms with van der Waals surface area (Å²) in [5.41, 5.74) is 6.94. The van der Waals surface area contributed by atoms with E-state index in [2.05, 4.69) is 29.7 Å². The van der Waals surface area contributed by atoms with Gasteiger partial charge in [-0.25, -0.2) is 9.59 Å². The van der Waals surface area contributed by atoms with Crippen LogP contribution in [0.5, 0.6) is 0 Å². The maximum absolute atomic E-state index is 12.2. The molecule has 1 aliphatic heterocycles. The number of hydrogen-bond donors (Lipinski definition) is 1. The first kappa shape index (κ1) is 55.4. The first-order valence-electron chi connectivity index (χ1n) is 22.8. The van der Waals surface area contributed by atoms with Gasteiger partial charge in [0.15, 0.2) is 0 Å². The molecule has 1 N–H and O–H groups in total. The smallest absolute Gasteiger partial charge is 0.431 e. The number of fused-ring (bicyclic) bond motifs is 3. The second-order valence-corrected chi connectivity index (χ2v) is 14.4. The quantitative estimate of drug-likeness (QED) is 0.0573. The second-order valence-electron chi connectivity index (χ2n) is 14.4. The van der Waals surface area contributed by atoms with Gasteiger partial charge in [-0.15, -0.1) is 5.06 Å². The molecular formula is C46H68N2O19. The van der Waals surface area contributed by atoms with Crippen LogP contribution < -0.4 is 5.48 Å². The number of rotatable bonds is 43. The summed E-state index contributed by atoms with van der Waals surface area (Å²) in [5, 5.41) is 0.516. The molecule has 21 heteroatoms. The molecule has 2 aromatic carbocycles. The van der Waals surface area contributed by atoms with E-state index in [1.54, 1.807) is 0 Å². The topological polar surface area (TPSA) is 222 Å². The number of benzene rings is 2. The van der Waals surface area contributed by atoms with Crippen LogP contribution in [0.15, 0.2) is 48.5 Å². The van der Waals surface area contributed by atoms with Crippen molar-refractivity contribution in [2.75, 3.05) is 172 Å². The minimum Gasteiger partial charge on any atom is -0.447 e. The van der Waals surface area contributed by atoms with E-state index < -0.39 is 23.9 Å². The number of carbonyl (C=O) groups excluding carboxylic acids is 4. The van der Waals surface area contributed by atoms with Gasteiger partial charge in [0.25, 0.3) is 11.8 Å². The van der Waals surface area contributed by atoms with Crippen molar-refractivity contribution in [3.8, 4) is 11.1 Å². The number of carbonyl (C=O) groups is 4. The molecule has 1 saturated heterocycles. The molecule has 0 radical (unpaired) electrons. The Morgan fingerprint density at radius 1 is 0.448 bits per heavy atom. The predicted octanol–water partition coefficient (Wildman–Crippen LogP) is 2.65. The number of amides is 3. The Kier molecular flexibility index (Phi) is 30.4. The van der Waals surface area contributed by atoms with Crippen molar-refractivity contribution in [3.63, 3.8) is 0 Å². The highest BCUT2D eigenvalue weighted by Crippen LogP contribution is 2.44. The molecule has 67 heavy (non-hydrogen) atoms. The molecule has 0 saturated carbocycles. The van der Waals surface area contributed by atoms with Crippen molar-refractivity contribution in [2.24, 2.45) is 0 Å². The van der Waals surface area contributed by atoms with Crippen LogP contribution in [-0.2, 0) is 85.6 Å². The molecule has 1 aliphatic carbocycles. The highest BCUT2D eigenvalue weighted by molar-refractivity contribution is 6.01. The fourth-order valence-electron chi connectivity index (χ4n) is 6.32. The fraction of sp³-hybridized carbons (Fsp3) is 0.652. The monoisotopic (exact) mass is 952 g/mol. The third kappa shape index (κ3) is 24.6. The number of hydroxylamine groups is 3. The maximum Gasteiger partial charge on any atom is 0.431 e. The minimum absolute atomic E-state index is 0.0159. The largest absolute Gasteiger partial charge is 0.447 e. The molecule has 2 aromatic rings. The summed E-state index contributed by atoms with van der Waals surface area (Å²) in [7, 11) is 0. The van der Waals surface area contributed by atoms with E-state index in [0.29, 0.717) is 144 Å². The molecule has 1 heterocycles. The van der Waals surface area contributed by atoms with Crippen LogP contribution in [0.3, 0.4) is 0 Å². The zero-order valence-electron chi connectivity index (χ0n) is 38.4. The highest BCUT2D eigenvalue weighted by Gasteiger charge is 2.33. The van der Waals surface area contributed by atoms with Crippen molar-refractivity contribution in [1.82, 2.24) is 10.5 Å². The summed E-state index contributed by atoms with van der Waals surface area (Å²) < 4.78 is 71.0. The average Bonchev–Trinajstić information content (AvgIpc) is 3.83.